The van der Waals surface area contributed by atoms with Crippen LogP contribution >= 0.6 is 0 Å². The Hall–Kier alpha value is -3.93. The van der Waals surface area contributed by atoms with E-state index in [2.05, 4.69) is 0 Å². The topological polar surface area (TPSA) is 66.8 Å². The molecule has 3 aromatic carbocycles. The molecule has 1 N–H and O–H groups in total. The zero-order valence-electron chi connectivity index (χ0n) is 17.9. The summed E-state index contributed by atoms with van der Waals surface area (Å²) in [5.74, 6) is -1.67. The molecular weight excluding hydrogens is 409 g/mol. The number of halogens is 1. The van der Waals surface area contributed by atoms with Gasteiger partial charge >= 0.3 is 0 Å². The van der Waals surface area contributed by atoms with Gasteiger partial charge in [0.2, 0.25) is 0 Å². The highest BCUT2D eigenvalue weighted by atomic mass is 19.1. The van der Waals surface area contributed by atoms with Crippen LogP contribution in [0.25, 0.3) is 5.76 Å². The summed E-state index contributed by atoms with van der Waals surface area (Å²) in [6, 6.07) is 16.9. The Morgan fingerprint density at radius 1 is 1.00 bits per heavy atom. The third kappa shape index (κ3) is 3.64. The van der Waals surface area contributed by atoms with Gasteiger partial charge in [0.1, 0.15) is 17.3 Å². The van der Waals surface area contributed by atoms with Gasteiger partial charge < -0.3 is 9.84 Å². The largest absolute Gasteiger partial charge is 0.507 e. The number of carbonyl (C=O) groups excluding carboxylic acids is 2. The molecule has 5 nitrogen and oxygen atoms in total. The molecule has 162 valence electrons. The van der Waals surface area contributed by atoms with Gasteiger partial charge in [0.25, 0.3) is 11.7 Å². The second kappa shape index (κ2) is 8.30. The maximum absolute atomic E-state index is 13.5. The lowest BCUT2D eigenvalue weighted by Crippen LogP contribution is -2.29. The van der Waals surface area contributed by atoms with Crippen LogP contribution in [0.15, 0.2) is 72.3 Å². The smallest absolute Gasteiger partial charge is 0.300 e. The highest BCUT2D eigenvalue weighted by Gasteiger charge is 2.47. The van der Waals surface area contributed by atoms with E-state index in [0.29, 0.717) is 22.6 Å². The van der Waals surface area contributed by atoms with E-state index in [0.717, 1.165) is 11.1 Å². The molecule has 1 aliphatic rings. The number of benzene rings is 3. The van der Waals surface area contributed by atoms with Crippen molar-refractivity contribution in [1.82, 2.24) is 0 Å². The van der Waals surface area contributed by atoms with Crippen molar-refractivity contribution in [3.05, 3.63) is 100 Å². The normalized spacial score (nSPS) is 17.6. The van der Waals surface area contributed by atoms with E-state index < -0.39 is 23.5 Å². The van der Waals surface area contributed by atoms with Crippen molar-refractivity contribution in [1.29, 1.82) is 0 Å². The Morgan fingerprint density at radius 2 is 1.72 bits per heavy atom. The van der Waals surface area contributed by atoms with Crippen molar-refractivity contribution in [3.8, 4) is 5.75 Å². The average molecular weight is 431 g/mol. The third-order valence-corrected chi connectivity index (χ3v) is 5.58. The number of ketones is 1. The van der Waals surface area contributed by atoms with Gasteiger partial charge in [-0.1, -0.05) is 29.8 Å². The molecule has 3 aromatic rings. The first-order valence-corrected chi connectivity index (χ1v) is 10.1. The van der Waals surface area contributed by atoms with Gasteiger partial charge in [0, 0.05) is 11.3 Å². The summed E-state index contributed by atoms with van der Waals surface area (Å²) in [5.41, 5.74) is 3.13. The fourth-order valence-corrected chi connectivity index (χ4v) is 4.04. The average Bonchev–Trinajstić information content (AvgIpc) is 3.04. The lowest BCUT2D eigenvalue weighted by molar-refractivity contribution is -0.132. The van der Waals surface area contributed by atoms with E-state index in [1.54, 1.807) is 31.4 Å². The monoisotopic (exact) mass is 431 g/mol. The van der Waals surface area contributed by atoms with Crippen LogP contribution in [0.5, 0.6) is 5.75 Å². The summed E-state index contributed by atoms with van der Waals surface area (Å²) in [6.45, 7) is 3.73. The second-order valence-corrected chi connectivity index (χ2v) is 7.74. The van der Waals surface area contributed by atoms with E-state index in [1.165, 1.54) is 29.2 Å². The van der Waals surface area contributed by atoms with Crippen molar-refractivity contribution in [2.75, 3.05) is 12.0 Å². The molecule has 1 amide bonds. The molecule has 1 fully saturated rings. The molecule has 32 heavy (non-hydrogen) atoms. The molecule has 6 heteroatoms. The zero-order valence-corrected chi connectivity index (χ0v) is 17.9. The molecular formula is C26H22FNO4. The quantitative estimate of drug-likeness (QED) is 0.356. The molecule has 0 aliphatic carbocycles. The molecule has 1 aliphatic heterocycles. The standard InChI is InChI=1S/C26H22FNO4/c1-15-5-4-6-17(13-15)23-22(24(29)18-7-12-21(32-3)16(2)14-18)25(30)26(31)28(23)20-10-8-19(27)9-11-20/h4-14,23,29H,1-3H3/b24-22-. The van der Waals surface area contributed by atoms with Crippen LogP contribution in [-0.2, 0) is 9.59 Å². The van der Waals surface area contributed by atoms with Crippen LogP contribution in [0.2, 0.25) is 0 Å². The summed E-state index contributed by atoms with van der Waals surface area (Å²) < 4.78 is 18.8. The molecule has 1 atom stereocenters. The molecule has 1 saturated heterocycles. The predicted molar refractivity (Wildman–Crippen MR) is 120 cm³/mol. The van der Waals surface area contributed by atoms with E-state index in [9.17, 15) is 19.1 Å². The number of ether oxygens (including phenoxy) is 1. The summed E-state index contributed by atoms with van der Waals surface area (Å²) in [7, 11) is 1.55. The van der Waals surface area contributed by atoms with Crippen LogP contribution in [0, 0.1) is 19.7 Å². The fraction of sp³-hybridized carbons (Fsp3) is 0.154. The molecule has 1 heterocycles. The van der Waals surface area contributed by atoms with Gasteiger partial charge in [0.15, 0.2) is 0 Å². The van der Waals surface area contributed by atoms with Crippen LogP contribution < -0.4 is 9.64 Å². The number of aliphatic hydroxyl groups excluding tert-OH is 1. The Bertz CT molecular complexity index is 1250. The SMILES string of the molecule is COc1ccc(/C(O)=C2/C(=O)C(=O)N(c3ccc(F)cc3)C2c2cccc(C)c2)cc1C. The lowest BCUT2D eigenvalue weighted by atomic mass is 9.94. The number of aryl methyl sites for hydroxylation is 2. The van der Waals surface area contributed by atoms with Crippen molar-refractivity contribution in [2.45, 2.75) is 19.9 Å². The minimum Gasteiger partial charge on any atom is -0.507 e. The maximum Gasteiger partial charge on any atom is 0.300 e. The number of rotatable bonds is 4. The third-order valence-electron chi connectivity index (χ3n) is 5.58. The van der Waals surface area contributed by atoms with Gasteiger partial charge in [-0.2, -0.15) is 0 Å². The van der Waals surface area contributed by atoms with E-state index in [-0.39, 0.29) is 11.3 Å². The van der Waals surface area contributed by atoms with E-state index >= 15 is 0 Å². The van der Waals surface area contributed by atoms with E-state index in [4.69, 9.17) is 4.74 Å². The Kier molecular flexibility index (Phi) is 5.53. The second-order valence-electron chi connectivity index (χ2n) is 7.74. The van der Waals surface area contributed by atoms with E-state index in [1.807, 2.05) is 32.0 Å². The number of Topliss-reactive ketones (excluding diaryl/α,β-unsaturated/α-hetero) is 1. The number of hydrogen-bond donors (Lipinski definition) is 1. The first-order valence-electron chi connectivity index (χ1n) is 10.1. The summed E-state index contributed by atoms with van der Waals surface area (Å²) in [4.78, 5) is 27.5. The summed E-state index contributed by atoms with van der Waals surface area (Å²) in [6.07, 6.45) is 0. The summed E-state index contributed by atoms with van der Waals surface area (Å²) in [5, 5.41) is 11.2. The van der Waals surface area contributed by atoms with Crippen molar-refractivity contribution in [3.63, 3.8) is 0 Å². The minimum absolute atomic E-state index is 0.0190. The number of anilines is 1. The first-order chi connectivity index (χ1) is 15.3. The van der Waals surface area contributed by atoms with Crippen LogP contribution in [0.3, 0.4) is 0 Å². The Labute approximate surface area is 185 Å². The Balaban J connectivity index is 1.94. The highest BCUT2D eigenvalue weighted by molar-refractivity contribution is 6.51. The number of hydrogen-bond acceptors (Lipinski definition) is 4. The summed E-state index contributed by atoms with van der Waals surface area (Å²) >= 11 is 0. The minimum atomic E-state index is -0.859. The number of nitrogens with zero attached hydrogens (tertiary/aromatic N) is 1. The van der Waals surface area contributed by atoms with Crippen molar-refractivity contribution >= 4 is 23.1 Å². The van der Waals surface area contributed by atoms with Gasteiger partial charge in [-0.05, 0) is 67.4 Å². The van der Waals surface area contributed by atoms with Crippen LogP contribution in [-0.4, -0.2) is 23.9 Å². The highest BCUT2D eigenvalue weighted by Crippen LogP contribution is 2.42. The maximum atomic E-state index is 13.5. The van der Waals surface area contributed by atoms with Gasteiger partial charge in [-0.15, -0.1) is 0 Å². The fourth-order valence-electron chi connectivity index (χ4n) is 4.04. The molecule has 4 rings (SSSR count). The molecule has 0 bridgehead atoms. The molecule has 1 unspecified atom stereocenters. The molecule has 0 spiro atoms. The zero-order chi connectivity index (χ0) is 23.0. The number of amides is 1. The van der Waals surface area contributed by atoms with Gasteiger partial charge in [-0.3, -0.25) is 14.5 Å². The van der Waals surface area contributed by atoms with Crippen LogP contribution in [0.4, 0.5) is 10.1 Å². The first kappa shape index (κ1) is 21.3. The predicted octanol–water partition coefficient (Wildman–Crippen LogP) is 5.08. The van der Waals surface area contributed by atoms with Gasteiger partial charge in [-0.25, -0.2) is 4.39 Å². The van der Waals surface area contributed by atoms with Crippen LogP contribution in [0.1, 0.15) is 28.3 Å². The van der Waals surface area contributed by atoms with Crippen molar-refractivity contribution < 1.29 is 23.8 Å². The number of methoxy groups -OCH3 is 1. The molecule has 0 aromatic heterocycles. The lowest BCUT2D eigenvalue weighted by Gasteiger charge is -2.25. The Morgan fingerprint density at radius 3 is 2.34 bits per heavy atom. The van der Waals surface area contributed by atoms with Crippen molar-refractivity contribution in [2.24, 2.45) is 0 Å². The molecule has 0 saturated carbocycles. The molecule has 0 radical (unpaired) electrons. The van der Waals surface area contributed by atoms with Gasteiger partial charge in [0.05, 0.1) is 18.7 Å². The number of aliphatic hydroxyl groups is 1. The number of carbonyl (C=O) groups is 2.